The summed E-state index contributed by atoms with van der Waals surface area (Å²) in [5.74, 6) is 0.991. The third kappa shape index (κ3) is 2.97. The zero-order chi connectivity index (χ0) is 14.7. The van der Waals surface area contributed by atoms with Crippen LogP contribution in [-0.2, 0) is 11.2 Å². The van der Waals surface area contributed by atoms with Crippen molar-refractivity contribution in [2.24, 2.45) is 0 Å². The molecule has 0 fully saturated rings. The van der Waals surface area contributed by atoms with Crippen LogP contribution >= 0.6 is 0 Å². The highest BCUT2D eigenvalue weighted by molar-refractivity contribution is 5.83. The van der Waals surface area contributed by atoms with E-state index in [4.69, 9.17) is 4.52 Å². The Morgan fingerprint density at radius 1 is 1.29 bits per heavy atom. The molecule has 0 radical (unpaired) electrons. The van der Waals surface area contributed by atoms with E-state index < -0.39 is 0 Å². The fourth-order valence-electron chi connectivity index (χ4n) is 2.19. The van der Waals surface area contributed by atoms with Gasteiger partial charge in [-0.1, -0.05) is 18.1 Å². The highest BCUT2D eigenvalue weighted by Gasteiger charge is 2.12. The van der Waals surface area contributed by atoms with E-state index in [0.29, 0.717) is 18.1 Å². The predicted molar refractivity (Wildman–Crippen MR) is 78.7 cm³/mol. The molecule has 0 atom stereocenters. The van der Waals surface area contributed by atoms with Crippen molar-refractivity contribution < 1.29 is 9.32 Å². The number of carbonyl (C=O) groups is 1. The summed E-state index contributed by atoms with van der Waals surface area (Å²) in [5.41, 5.74) is 1.77. The van der Waals surface area contributed by atoms with Gasteiger partial charge in [-0.2, -0.15) is 4.98 Å². The lowest BCUT2D eigenvalue weighted by molar-refractivity contribution is -0.118. The van der Waals surface area contributed by atoms with Crippen molar-refractivity contribution in [3.63, 3.8) is 0 Å². The Balaban J connectivity index is 1.85. The van der Waals surface area contributed by atoms with Gasteiger partial charge in [0, 0.05) is 23.6 Å². The van der Waals surface area contributed by atoms with Crippen molar-refractivity contribution in [2.45, 2.75) is 26.2 Å². The van der Waals surface area contributed by atoms with E-state index >= 15 is 0 Å². The summed E-state index contributed by atoms with van der Waals surface area (Å²) < 4.78 is 5.15. The van der Waals surface area contributed by atoms with Crippen LogP contribution in [0.3, 0.4) is 0 Å². The Bertz CT molecular complexity index is 780. The fraction of sp³-hybridized carbons (Fsp3) is 0.250. The van der Waals surface area contributed by atoms with Crippen molar-refractivity contribution in [1.82, 2.24) is 15.1 Å². The van der Waals surface area contributed by atoms with Gasteiger partial charge in [0.1, 0.15) is 5.78 Å². The van der Waals surface area contributed by atoms with E-state index in [1.807, 2.05) is 37.3 Å². The summed E-state index contributed by atoms with van der Waals surface area (Å²) >= 11 is 0. The van der Waals surface area contributed by atoms with Gasteiger partial charge in [0.2, 0.25) is 11.7 Å². The molecule has 0 unspecified atom stereocenters. The Kier molecular flexibility index (Phi) is 3.73. The van der Waals surface area contributed by atoms with E-state index in [1.165, 1.54) is 0 Å². The second-order valence-electron chi connectivity index (χ2n) is 4.89. The summed E-state index contributed by atoms with van der Waals surface area (Å²) in [4.78, 5) is 20.2. The highest BCUT2D eigenvalue weighted by atomic mass is 16.5. The first kappa shape index (κ1) is 13.4. The largest absolute Gasteiger partial charge is 0.339 e. The van der Waals surface area contributed by atoms with Crippen molar-refractivity contribution in [2.75, 3.05) is 0 Å². The molecule has 2 aromatic heterocycles. The maximum absolute atomic E-state index is 11.6. The molecular weight excluding hydrogens is 266 g/mol. The Hall–Kier alpha value is -2.56. The summed E-state index contributed by atoms with van der Waals surface area (Å²) in [6, 6.07) is 9.65. The molecular formula is C16H15N3O2. The second-order valence-corrected chi connectivity index (χ2v) is 4.89. The van der Waals surface area contributed by atoms with Gasteiger partial charge >= 0.3 is 0 Å². The number of aromatic nitrogens is 3. The SMILES string of the molecule is CCCC(=O)Cc1nc(-c2ccc3ncccc3c2)no1. The maximum atomic E-state index is 11.6. The number of benzene rings is 1. The molecule has 0 spiro atoms. The number of rotatable bonds is 5. The number of pyridine rings is 1. The zero-order valence-corrected chi connectivity index (χ0v) is 11.7. The number of ketones is 1. The zero-order valence-electron chi connectivity index (χ0n) is 11.7. The van der Waals surface area contributed by atoms with Crippen LogP contribution in [0, 0.1) is 0 Å². The molecule has 5 heteroatoms. The number of carbonyl (C=O) groups excluding carboxylic acids is 1. The van der Waals surface area contributed by atoms with Crippen molar-refractivity contribution >= 4 is 16.7 Å². The molecule has 3 rings (SSSR count). The monoisotopic (exact) mass is 281 g/mol. The van der Waals surface area contributed by atoms with Crippen LogP contribution in [0.2, 0.25) is 0 Å². The predicted octanol–water partition coefficient (Wildman–Crippen LogP) is 3.20. The van der Waals surface area contributed by atoms with E-state index in [9.17, 15) is 4.79 Å². The minimum absolute atomic E-state index is 0.121. The van der Waals surface area contributed by atoms with Gasteiger partial charge in [0.25, 0.3) is 0 Å². The van der Waals surface area contributed by atoms with Crippen LogP contribution in [0.4, 0.5) is 0 Å². The number of Topliss-reactive ketones (excluding diaryl/α,β-unsaturated/α-hetero) is 1. The molecule has 21 heavy (non-hydrogen) atoms. The van der Waals surface area contributed by atoms with Crippen molar-refractivity contribution in [3.8, 4) is 11.4 Å². The Morgan fingerprint density at radius 2 is 2.19 bits per heavy atom. The highest BCUT2D eigenvalue weighted by Crippen LogP contribution is 2.21. The van der Waals surface area contributed by atoms with Gasteiger partial charge < -0.3 is 4.52 Å². The van der Waals surface area contributed by atoms with E-state index in [1.54, 1.807) is 6.20 Å². The molecule has 5 nitrogen and oxygen atoms in total. The van der Waals surface area contributed by atoms with Crippen molar-refractivity contribution in [1.29, 1.82) is 0 Å². The first-order valence-corrected chi connectivity index (χ1v) is 6.95. The Morgan fingerprint density at radius 3 is 3.05 bits per heavy atom. The van der Waals surface area contributed by atoms with Crippen LogP contribution in [0.15, 0.2) is 41.1 Å². The smallest absolute Gasteiger partial charge is 0.234 e. The van der Waals surface area contributed by atoms with Gasteiger partial charge in [-0.25, -0.2) is 0 Å². The van der Waals surface area contributed by atoms with E-state index in [0.717, 1.165) is 22.9 Å². The van der Waals surface area contributed by atoms with Crippen LogP contribution < -0.4 is 0 Å². The molecule has 2 heterocycles. The number of fused-ring (bicyclic) bond motifs is 1. The molecule has 0 saturated carbocycles. The molecule has 1 aromatic carbocycles. The van der Waals surface area contributed by atoms with Crippen LogP contribution in [-0.4, -0.2) is 20.9 Å². The minimum atomic E-state index is 0.121. The average molecular weight is 281 g/mol. The first-order valence-electron chi connectivity index (χ1n) is 6.95. The number of hydrogen-bond acceptors (Lipinski definition) is 5. The van der Waals surface area contributed by atoms with E-state index in [2.05, 4.69) is 15.1 Å². The molecule has 0 bridgehead atoms. The Labute approximate surface area is 122 Å². The summed E-state index contributed by atoms with van der Waals surface area (Å²) in [7, 11) is 0. The van der Waals surface area contributed by atoms with Gasteiger partial charge in [0.15, 0.2) is 0 Å². The van der Waals surface area contributed by atoms with Gasteiger partial charge in [-0.15, -0.1) is 0 Å². The lowest BCUT2D eigenvalue weighted by Gasteiger charge is -1.98. The third-order valence-corrected chi connectivity index (χ3v) is 3.21. The quantitative estimate of drug-likeness (QED) is 0.718. The molecule has 106 valence electrons. The van der Waals surface area contributed by atoms with Gasteiger partial charge in [0.05, 0.1) is 11.9 Å². The summed E-state index contributed by atoms with van der Waals surface area (Å²) in [6.07, 6.45) is 3.33. The lowest BCUT2D eigenvalue weighted by Crippen LogP contribution is -2.01. The fourth-order valence-corrected chi connectivity index (χ4v) is 2.19. The third-order valence-electron chi connectivity index (χ3n) is 3.21. The summed E-state index contributed by atoms with van der Waals surface area (Å²) in [5, 5.41) is 4.96. The molecule has 0 saturated heterocycles. The lowest BCUT2D eigenvalue weighted by atomic mass is 10.1. The maximum Gasteiger partial charge on any atom is 0.234 e. The molecule has 0 aliphatic rings. The van der Waals surface area contributed by atoms with Gasteiger partial charge in [-0.05, 0) is 30.7 Å². The summed E-state index contributed by atoms with van der Waals surface area (Å²) in [6.45, 7) is 1.97. The molecule has 0 N–H and O–H groups in total. The van der Waals surface area contributed by atoms with Gasteiger partial charge in [-0.3, -0.25) is 9.78 Å². The molecule has 3 aromatic rings. The van der Waals surface area contributed by atoms with Crippen LogP contribution in [0.1, 0.15) is 25.7 Å². The molecule has 0 amide bonds. The number of nitrogens with zero attached hydrogens (tertiary/aromatic N) is 3. The minimum Gasteiger partial charge on any atom is -0.339 e. The van der Waals surface area contributed by atoms with E-state index in [-0.39, 0.29) is 12.2 Å². The van der Waals surface area contributed by atoms with Crippen molar-refractivity contribution in [3.05, 3.63) is 42.4 Å². The average Bonchev–Trinajstić information content (AvgIpc) is 2.95. The molecule has 0 aliphatic heterocycles. The first-order chi connectivity index (χ1) is 10.3. The van der Waals surface area contributed by atoms with Crippen LogP contribution in [0.5, 0.6) is 0 Å². The standard InChI is InChI=1S/C16H15N3O2/c1-2-4-13(20)10-15-18-16(19-21-15)12-6-7-14-11(9-12)5-3-8-17-14/h3,5-9H,2,4,10H2,1H3. The topological polar surface area (TPSA) is 68.9 Å². The second kappa shape index (κ2) is 5.83. The van der Waals surface area contributed by atoms with Crippen LogP contribution in [0.25, 0.3) is 22.3 Å². The number of hydrogen-bond donors (Lipinski definition) is 0. The normalized spacial score (nSPS) is 10.9. The molecule has 0 aliphatic carbocycles.